The lowest BCUT2D eigenvalue weighted by atomic mass is 9.85. The molecule has 0 aromatic heterocycles. The molecule has 1 aromatic rings. The first-order valence-electron chi connectivity index (χ1n) is 9.49. The molecular formula is C20H22F3N3O2. The van der Waals surface area contributed by atoms with Gasteiger partial charge in [0, 0.05) is 31.9 Å². The van der Waals surface area contributed by atoms with E-state index in [4.69, 9.17) is 0 Å². The predicted octanol–water partition coefficient (Wildman–Crippen LogP) is 2.74. The maximum Gasteiger partial charge on any atom is 0.416 e. The second-order valence-electron chi connectivity index (χ2n) is 7.55. The van der Waals surface area contributed by atoms with Crippen LogP contribution in [-0.2, 0) is 15.8 Å². The number of likely N-dealkylation sites (tertiary alicyclic amines) is 1. The zero-order valence-corrected chi connectivity index (χ0v) is 15.4. The molecule has 1 aromatic carbocycles. The molecule has 5 nitrogen and oxygen atoms in total. The van der Waals surface area contributed by atoms with Gasteiger partial charge in [0.2, 0.25) is 11.8 Å². The number of allylic oxidation sites excluding steroid dienone is 2. The second-order valence-corrected chi connectivity index (χ2v) is 7.55. The first kappa shape index (κ1) is 19.0. The molecule has 0 spiro atoms. The van der Waals surface area contributed by atoms with Crippen molar-refractivity contribution in [2.24, 2.45) is 11.8 Å². The highest BCUT2D eigenvalue weighted by molar-refractivity contribution is 6.05. The van der Waals surface area contributed by atoms with Gasteiger partial charge in [-0.15, -0.1) is 0 Å². The summed E-state index contributed by atoms with van der Waals surface area (Å²) in [6.45, 7) is 2.53. The molecule has 0 bridgehead atoms. The SMILES string of the molecule is O=C1[C@H]2CC=CC[C@@H]2C(=O)N1CN1CCN(c2cccc(C(F)(F)F)c2)CC1. The average Bonchev–Trinajstić information content (AvgIpc) is 2.93. The fourth-order valence-corrected chi connectivity index (χ4v) is 4.23. The molecule has 28 heavy (non-hydrogen) atoms. The van der Waals surface area contributed by atoms with Crippen molar-refractivity contribution in [2.75, 3.05) is 37.7 Å². The molecule has 8 heteroatoms. The van der Waals surface area contributed by atoms with E-state index in [2.05, 4.69) is 0 Å². The Balaban J connectivity index is 1.36. The lowest BCUT2D eigenvalue weighted by Crippen LogP contribution is -2.51. The van der Waals surface area contributed by atoms with E-state index in [1.54, 1.807) is 6.07 Å². The van der Waals surface area contributed by atoms with Crippen LogP contribution >= 0.6 is 0 Å². The first-order valence-corrected chi connectivity index (χ1v) is 9.49. The van der Waals surface area contributed by atoms with E-state index in [0.29, 0.717) is 44.7 Å². The van der Waals surface area contributed by atoms with Crippen LogP contribution in [0.3, 0.4) is 0 Å². The molecule has 0 radical (unpaired) electrons. The number of hydrogen-bond acceptors (Lipinski definition) is 4. The Kier molecular flexibility index (Phi) is 4.91. The largest absolute Gasteiger partial charge is 0.416 e. The molecule has 2 saturated heterocycles. The fourth-order valence-electron chi connectivity index (χ4n) is 4.23. The number of piperazine rings is 1. The third-order valence-corrected chi connectivity index (χ3v) is 5.85. The zero-order chi connectivity index (χ0) is 19.9. The molecule has 0 N–H and O–H groups in total. The minimum atomic E-state index is -4.36. The van der Waals surface area contributed by atoms with Gasteiger partial charge < -0.3 is 4.90 Å². The number of imide groups is 1. The van der Waals surface area contributed by atoms with Crippen molar-refractivity contribution in [1.82, 2.24) is 9.80 Å². The van der Waals surface area contributed by atoms with Crippen LogP contribution in [0.4, 0.5) is 18.9 Å². The van der Waals surface area contributed by atoms with Crippen LogP contribution in [0.2, 0.25) is 0 Å². The van der Waals surface area contributed by atoms with Crippen molar-refractivity contribution < 1.29 is 22.8 Å². The molecule has 4 rings (SSSR count). The lowest BCUT2D eigenvalue weighted by Gasteiger charge is -2.37. The summed E-state index contributed by atoms with van der Waals surface area (Å²) >= 11 is 0. The number of carbonyl (C=O) groups is 2. The van der Waals surface area contributed by atoms with Crippen molar-refractivity contribution >= 4 is 17.5 Å². The number of benzene rings is 1. The van der Waals surface area contributed by atoms with Crippen LogP contribution in [0.25, 0.3) is 0 Å². The molecule has 0 unspecified atom stereocenters. The van der Waals surface area contributed by atoms with E-state index in [1.807, 2.05) is 22.0 Å². The van der Waals surface area contributed by atoms with Crippen LogP contribution in [0, 0.1) is 11.8 Å². The smallest absolute Gasteiger partial charge is 0.369 e. The van der Waals surface area contributed by atoms with E-state index in [0.717, 1.165) is 6.07 Å². The quantitative estimate of drug-likeness (QED) is 0.585. The molecule has 3 aliphatic rings. The van der Waals surface area contributed by atoms with E-state index in [9.17, 15) is 22.8 Å². The predicted molar refractivity (Wildman–Crippen MR) is 97.3 cm³/mol. The summed E-state index contributed by atoms with van der Waals surface area (Å²) in [5.74, 6) is -0.660. The topological polar surface area (TPSA) is 43.9 Å². The second kappa shape index (κ2) is 7.24. The molecule has 2 heterocycles. The highest BCUT2D eigenvalue weighted by atomic mass is 19.4. The number of fused-ring (bicyclic) bond motifs is 1. The zero-order valence-electron chi connectivity index (χ0n) is 15.4. The van der Waals surface area contributed by atoms with Crippen molar-refractivity contribution in [2.45, 2.75) is 19.0 Å². The summed E-state index contributed by atoms with van der Waals surface area (Å²) < 4.78 is 38.8. The minimum Gasteiger partial charge on any atom is -0.369 e. The first-order chi connectivity index (χ1) is 13.3. The molecule has 150 valence electrons. The number of alkyl halides is 3. The van der Waals surface area contributed by atoms with E-state index in [1.165, 1.54) is 17.0 Å². The van der Waals surface area contributed by atoms with E-state index >= 15 is 0 Å². The summed E-state index contributed by atoms with van der Waals surface area (Å²) in [7, 11) is 0. The maximum atomic E-state index is 12.9. The van der Waals surface area contributed by atoms with Crippen LogP contribution in [-0.4, -0.2) is 54.5 Å². The van der Waals surface area contributed by atoms with Gasteiger partial charge in [-0.05, 0) is 31.0 Å². The van der Waals surface area contributed by atoms with Crippen LogP contribution < -0.4 is 4.90 Å². The Bertz CT molecular complexity index is 774. The Hall–Kier alpha value is -2.35. The van der Waals surface area contributed by atoms with E-state index in [-0.39, 0.29) is 30.3 Å². The number of hydrogen-bond donors (Lipinski definition) is 0. The van der Waals surface area contributed by atoms with Gasteiger partial charge in [0.25, 0.3) is 0 Å². The van der Waals surface area contributed by atoms with E-state index < -0.39 is 11.7 Å². The van der Waals surface area contributed by atoms with Gasteiger partial charge in [-0.25, -0.2) is 0 Å². The third-order valence-electron chi connectivity index (χ3n) is 5.85. The van der Waals surface area contributed by atoms with Crippen molar-refractivity contribution in [3.8, 4) is 0 Å². The minimum absolute atomic E-state index is 0.0975. The monoisotopic (exact) mass is 393 g/mol. The van der Waals surface area contributed by atoms with Gasteiger partial charge in [0.1, 0.15) is 0 Å². The highest BCUT2D eigenvalue weighted by Crippen LogP contribution is 2.35. The third kappa shape index (κ3) is 3.53. The van der Waals surface area contributed by atoms with Crippen LogP contribution in [0.15, 0.2) is 36.4 Å². The Labute approximate surface area is 161 Å². The standard InChI is InChI=1S/C20H22F3N3O2/c21-20(22,23)14-4-3-5-15(12-14)25-10-8-24(9-11-25)13-26-18(27)16-6-1-2-7-17(16)19(26)28/h1-5,12,16-17H,6-11,13H2/t16-,17-/m0/s1. The summed E-state index contributed by atoms with van der Waals surface area (Å²) in [5.41, 5.74) is -0.114. The average molecular weight is 393 g/mol. The van der Waals surface area contributed by atoms with Gasteiger partial charge in [-0.2, -0.15) is 13.2 Å². The Morgan fingerprint density at radius 1 is 0.929 bits per heavy atom. The molecule has 1 aliphatic carbocycles. The van der Waals surface area contributed by atoms with Crippen molar-refractivity contribution in [3.05, 3.63) is 42.0 Å². The molecule has 2 aliphatic heterocycles. The Morgan fingerprint density at radius 3 is 2.11 bits per heavy atom. The molecule has 0 saturated carbocycles. The van der Waals surface area contributed by atoms with Gasteiger partial charge in [0.05, 0.1) is 24.1 Å². The van der Waals surface area contributed by atoms with Gasteiger partial charge in [0.15, 0.2) is 0 Å². The number of carbonyl (C=O) groups excluding carboxylic acids is 2. The van der Waals surface area contributed by atoms with Crippen molar-refractivity contribution in [3.63, 3.8) is 0 Å². The van der Waals surface area contributed by atoms with Crippen LogP contribution in [0.5, 0.6) is 0 Å². The molecule has 2 atom stereocenters. The summed E-state index contributed by atoms with van der Waals surface area (Å²) in [5, 5.41) is 0. The number of anilines is 1. The van der Waals surface area contributed by atoms with Gasteiger partial charge >= 0.3 is 6.18 Å². The van der Waals surface area contributed by atoms with Crippen LogP contribution in [0.1, 0.15) is 18.4 Å². The fraction of sp³-hybridized carbons (Fsp3) is 0.500. The van der Waals surface area contributed by atoms with Crippen molar-refractivity contribution in [1.29, 1.82) is 0 Å². The molecular weight excluding hydrogens is 371 g/mol. The number of amides is 2. The summed E-state index contributed by atoms with van der Waals surface area (Å²) in [4.78, 5) is 30.4. The van der Waals surface area contributed by atoms with Gasteiger partial charge in [-0.1, -0.05) is 18.2 Å². The normalized spacial score (nSPS) is 26.1. The summed E-state index contributed by atoms with van der Waals surface area (Å²) in [6.07, 6.45) is 0.803. The number of rotatable bonds is 3. The highest BCUT2D eigenvalue weighted by Gasteiger charge is 2.47. The number of nitrogens with zero attached hydrogens (tertiary/aromatic N) is 3. The number of halogens is 3. The molecule has 2 fully saturated rings. The summed E-state index contributed by atoms with van der Waals surface area (Å²) in [6, 6.07) is 5.33. The van der Waals surface area contributed by atoms with Gasteiger partial charge in [-0.3, -0.25) is 19.4 Å². The molecule has 2 amide bonds. The maximum absolute atomic E-state index is 12.9. The Morgan fingerprint density at radius 2 is 1.54 bits per heavy atom. The lowest BCUT2D eigenvalue weighted by molar-refractivity contribution is -0.142.